The molecule has 0 saturated carbocycles. The highest BCUT2D eigenvalue weighted by Crippen LogP contribution is 2.22. The average Bonchev–Trinajstić information content (AvgIpc) is 2.91. The summed E-state index contributed by atoms with van der Waals surface area (Å²) in [5, 5.41) is 3.39. The number of rotatable bonds is 6. The smallest absolute Gasteiger partial charge is 0.165 e. The minimum Gasteiger partial charge on any atom is -0.491 e. The Hall–Kier alpha value is -1.13. The van der Waals surface area contributed by atoms with Gasteiger partial charge in [0.2, 0.25) is 0 Å². The molecule has 0 amide bonds. The van der Waals surface area contributed by atoms with E-state index < -0.39 is 0 Å². The van der Waals surface area contributed by atoms with Crippen LogP contribution < -0.4 is 10.1 Å². The van der Waals surface area contributed by atoms with Crippen molar-refractivity contribution in [1.29, 1.82) is 0 Å². The van der Waals surface area contributed by atoms with Crippen LogP contribution in [0.1, 0.15) is 38.3 Å². The van der Waals surface area contributed by atoms with E-state index in [9.17, 15) is 4.39 Å². The highest BCUT2D eigenvalue weighted by molar-refractivity contribution is 5.30. The number of hydrogen-bond acceptors (Lipinski definition) is 3. The van der Waals surface area contributed by atoms with Crippen LogP contribution in [0.3, 0.4) is 0 Å². The van der Waals surface area contributed by atoms with Crippen LogP contribution in [0.15, 0.2) is 18.2 Å². The summed E-state index contributed by atoms with van der Waals surface area (Å²) in [5.41, 5.74) is 0.930. The van der Waals surface area contributed by atoms with Gasteiger partial charge in [-0.3, -0.25) is 0 Å². The van der Waals surface area contributed by atoms with E-state index in [1.807, 2.05) is 19.9 Å². The van der Waals surface area contributed by atoms with E-state index >= 15 is 0 Å². The van der Waals surface area contributed by atoms with Gasteiger partial charge in [-0.25, -0.2) is 4.39 Å². The first-order valence-corrected chi connectivity index (χ1v) is 6.98. The van der Waals surface area contributed by atoms with E-state index in [1.54, 1.807) is 6.07 Å². The van der Waals surface area contributed by atoms with Crippen molar-refractivity contribution in [2.45, 2.75) is 38.8 Å². The standard InChI is InChI=1S/C15H22FNO2/c1-3-18-15-7-6-12(9-14(15)16)11(2)17-10-13-5-4-8-19-13/h6-7,9,11,13,17H,3-5,8,10H2,1-2H3. The molecule has 19 heavy (non-hydrogen) atoms. The summed E-state index contributed by atoms with van der Waals surface area (Å²) in [6.07, 6.45) is 2.55. The Morgan fingerprint density at radius 2 is 2.37 bits per heavy atom. The third-order valence-corrected chi connectivity index (χ3v) is 3.43. The zero-order valence-corrected chi connectivity index (χ0v) is 11.6. The molecule has 1 aromatic rings. The van der Waals surface area contributed by atoms with Crippen molar-refractivity contribution in [2.24, 2.45) is 0 Å². The van der Waals surface area contributed by atoms with Crippen LogP contribution in [0.25, 0.3) is 0 Å². The molecule has 1 heterocycles. The molecule has 106 valence electrons. The van der Waals surface area contributed by atoms with Gasteiger partial charge in [-0.15, -0.1) is 0 Å². The third-order valence-electron chi connectivity index (χ3n) is 3.43. The summed E-state index contributed by atoms with van der Waals surface area (Å²) >= 11 is 0. The van der Waals surface area contributed by atoms with Gasteiger partial charge in [-0.1, -0.05) is 6.07 Å². The van der Waals surface area contributed by atoms with Crippen molar-refractivity contribution in [3.63, 3.8) is 0 Å². The first kappa shape index (κ1) is 14.3. The van der Waals surface area contributed by atoms with Gasteiger partial charge in [0.25, 0.3) is 0 Å². The van der Waals surface area contributed by atoms with Crippen molar-refractivity contribution in [2.75, 3.05) is 19.8 Å². The molecule has 0 spiro atoms. The maximum Gasteiger partial charge on any atom is 0.165 e. The molecule has 2 atom stereocenters. The first-order valence-electron chi connectivity index (χ1n) is 6.98. The van der Waals surface area contributed by atoms with Crippen molar-refractivity contribution >= 4 is 0 Å². The van der Waals surface area contributed by atoms with Gasteiger partial charge >= 0.3 is 0 Å². The lowest BCUT2D eigenvalue weighted by Gasteiger charge is -2.18. The van der Waals surface area contributed by atoms with Crippen LogP contribution in [0, 0.1) is 5.82 Å². The molecule has 1 aromatic carbocycles. The van der Waals surface area contributed by atoms with Gasteiger partial charge in [-0.2, -0.15) is 0 Å². The predicted molar refractivity (Wildman–Crippen MR) is 73.0 cm³/mol. The van der Waals surface area contributed by atoms with Crippen molar-refractivity contribution in [3.8, 4) is 5.75 Å². The molecule has 3 nitrogen and oxygen atoms in total. The quantitative estimate of drug-likeness (QED) is 0.859. The van der Waals surface area contributed by atoms with Crippen molar-refractivity contribution < 1.29 is 13.9 Å². The zero-order valence-electron chi connectivity index (χ0n) is 11.6. The number of ether oxygens (including phenoxy) is 2. The fraction of sp³-hybridized carbons (Fsp3) is 0.600. The Morgan fingerprint density at radius 1 is 1.53 bits per heavy atom. The second kappa shape index (κ2) is 6.87. The molecule has 1 N–H and O–H groups in total. The summed E-state index contributed by atoms with van der Waals surface area (Å²) in [5.74, 6) is 0.0164. The second-order valence-electron chi connectivity index (χ2n) is 4.89. The van der Waals surface area contributed by atoms with E-state index in [0.29, 0.717) is 18.5 Å². The summed E-state index contributed by atoms with van der Waals surface area (Å²) < 4.78 is 24.5. The van der Waals surface area contributed by atoms with Gasteiger partial charge < -0.3 is 14.8 Å². The van der Waals surface area contributed by atoms with Crippen LogP contribution in [0.2, 0.25) is 0 Å². The molecule has 4 heteroatoms. The van der Waals surface area contributed by atoms with Gasteiger partial charge in [-0.05, 0) is 44.4 Å². The molecule has 2 rings (SSSR count). The van der Waals surface area contributed by atoms with Gasteiger partial charge in [0.05, 0.1) is 12.7 Å². The lowest BCUT2D eigenvalue weighted by molar-refractivity contribution is 0.108. The van der Waals surface area contributed by atoms with Crippen LogP contribution in [0.5, 0.6) is 5.75 Å². The molecule has 1 fully saturated rings. The fourth-order valence-corrected chi connectivity index (χ4v) is 2.29. The maximum atomic E-state index is 13.8. The predicted octanol–water partition coefficient (Wildman–Crippen LogP) is 3.05. The number of halogens is 1. The van der Waals surface area contributed by atoms with Crippen molar-refractivity contribution in [1.82, 2.24) is 5.32 Å². The van der Waals surface area contributed by atoms with Crippen LogP contribution in [0.4, 0.5) is 4.39 Å². The molecule has 1 aliphatic heterocycles. The normalized spacial score (nSPS) is 20.5. The summed E-state index contributed by atoms with van der Waals surface area (Å²) in [6, 6.07) is 5.24. The van der Waals surface area contributed by atoms with Crippen LogP contribution in [-0.4, -0.2) is 25.9 Å². The first-order chi connectivity index (χ1) is 9.20. The van der Waals surface area contributed by atoms with Gasteiger partial charge in [0.15, 0.2) is 11.6 Å². The Labute approximate surface area is 114 Å². The van der Waals surface area contributed by atoms with E-state index in [2.05, 4.69) is 5.32 Å². The molecule has 2 unspecified atom stereocenters. The SMILES string of the molecule is CCOc1ccc(C(C)NCC2CCCO2)cc1F. The highest BCUT2D eigenvalue weighted by Gasteiger charge is 2.17. The lowest BCUT2D eigenvalue weighted by atomic mass is 10.1. The fourth-order valence-electron chi connectivity index (χ4n) is 2.29. The Morgan fingerprint density at radius 3 is 3.00 bits per heavy atom. The molecule has 0 aliphatic carbocycles. The third kappa shape index (κ3) is 3.91. The largest absolute Gasteiger partial charge is 0.491 e. The van der Waals surface area contributed by atoms with E-state index in [1.165, 1.54) is 6.07 Å². The molecular formula is C15H22FNO2. The highest BCUT2D eigenvalue weighted by atomic mass is 19.1. The van der Waals surface area contributed by atoms with Gasteiger partial charge in [0, 0.05) is 19.2 Å². The minimum absolute atomic E-state index is 0.106. The van der Waals surface area contributed by atoms with Gasteiger partial charge in [0.1, 0.15) is 0 Å². The second-order valence-corrected chi connectivity index (χ2v) is 4.89. The minimum atomic E-state index is -0.301. The Bertz CT molecular complexity index is 405. The Balaban J connectivity index is 1.90. The number of nitrogens with one attached hydrogen (secondary N) is 1. The monoisotopic (exact) mass is 267 g/mol. The summed E-state index contributed by atoms with van der Waals surface area (Å²) in [4.78, 5) is 0. The average molecular weight is 267 g/mol. The zero-order chi connectivity index (χ0) is 13.7. The molecule has 0 bridgehead atoms. The number of hydrogen-bond donors (Lipinski definition) is 1. The van der Waals surface area contributed by atoms with E-state index in [-0.39, 0.29) is 11.9 Å². The molecular weight excluding hydrogens is 245 g/mol. The van der Waals surface area contributed by atoms with Crippen LogP contribution in [-0.2, 0) is 4.74 Å². The molecule has 0 aromatic heterocycles. The van der Waals surface area contributed by atoms with Crippen molar-refractivity contribution in [3.05, 3.63) is 29.6 Å². The molecule has 1 aliphatic rings. The van der Waals surface area contributed by atoms with E-state index in [4.69, 9.17) is 9.47 Å². The lowest BCUT2D eigenvalue weighted by Crippen LogP contribution is -2.28. The summed E-state index contributed by atoms with van der Waals surface area (Å²) in [7, 11) is 0. The van der Waals surface area contributed by atoms with E-state index in [0.717, 1.165) is 31.6 Å². The topological polar surface area (TPSA) is 30.5 Å². The Kier molecular flexibility index (Phi) is 5.16. The maximum absolute atomic E-state index is 13.8. The molecule has 1 saturated heterocycles. The van der Waals surface area contributed by atoms with Crippen LogP contribution >= 0.6 is 0 Å². The summed E-state index contributed by atoms with van der Waals surface area (Å²) in [6.45, 7) is 6.03. The molecule has 0 radical (unpaired) electrons. The number of benzene rings is 1.